The van der Waals surface area contributed by atoms with E-state index < -0.39 is 6.10 Å². The Hall–Kier alpha value is -1.78. The highest BCUT2D eigenvalue weighted by Gasteiger charge is 1.99. The molecule has 1 nitrogen and oxygen atoms in total. The van der Waals surface area contributed by atoms with E-state index in [2.05, 4.69) is 12.5 Å². The number of benzene rings is 1. The maximum absolute atomic E-state index is 9.57. The van der Waals surface area contributed by atoms with Crippen LogP contribution in [0.1, 0.15) is 12.0 Å². The minimum atomic E-state index is -0.561. The summed E-state index contributed by atoms with van der Waals surface area (Å²) >= 11 is 0. The van der Waals surface area contributed by atoms with Gasteiger partial charge in [0.1, 0.15) is 0 Å². The van der Waals surface area contributed by atoms with Crippen LogP contribution in [-0.4, -0.2) is 11.2 Å². The number of terminal acetylenes is 1. The fourth-order valence-corrected chi connectivity index (χ4v) is 1.17. The monoisotopic (exact) mass is 198 g/mol. The van der Waals surface area contributed by atoms with Gasteiger partial charge in [-0.3, -0.25) is 0 Å². The van der Waals surface area contributed by atoms with Crippen LogP contribution in [0.25, 0.3) is 6.08 Å². The quantitative estimate of drug-likeness (QED) is 0.737. The van der Waals surface area contributed by atoms with Crippen LogP contribution in [0, 0.1) is 12.3 Å². The van der Waals surface area contributed by atoms with Gasteiger partial charge in [0.2, 0.25) is 0 Å². The maximum Gasteiger partial charge on any atom is 0.0770 e. The van der Waals surface area contributed by atoms with Crippen molar-refractivity contribution in [1.82, 2.24) is 0 Å². The lowest BCUT2D eigenvalue weighted by Gasteiger charge is -2.03. The fourth-order valence-electron chi connectivity index (χ4n) is 1.17. The molecule has 0 aromatic heterocycles. The molecule has 0 saturated heterocycles. The third-order valence-electron chi connectivity index (χ3n) is 1.97. The third-order valence-corrected chi connectivity index (χ3v) is 1.97. The molecule has 15 heavy (non-hydrogen) atoms. The second-order valence-corrected chi connectivity index (χ2v) is 3.29. The molecule has 0 amide bonds. The van der Waals surface area contributed by atoms with Crippen molar-refractivity contribution in [2.45, 2.75) is 12.5 Å². The molecular weight excluding hydrogens is 184 g/mol. The Labute approximate surface area is 90.8 Å². The van der Waals surface area contributed by atoms with Crippen LogP contribution < -0.4 is 0 Å². The van der Waals surface area contributed by atoms with Crippen LogP contribution in [0.2, 0.25) is 0 Å². The Morgan fingerprint density at radius 1 is 1.47 bits per heavy atom. The minimum absolute atomic E-state index is 0.417. The zero-order chi connectivity index (χ0) is 11.1. The first kappa shape index (κ1) is 11.3. The van der Waals surface area contributed by atoms with E-state index in [9.17, 15) is 5.11 Å². The zero-order valence-corrected chi connectivity index (χ0v) is 8.56. The molecule has 0 unspecified atom stereocenters. The van der Waals surface area contributed by atoms with Crippen molar-refractivity contribution < 1.29 is 5.11 Å². The van der Waals surface area contributed by atoms with Crippen LogP contribution in [0.15, 0.2) is 48.6 Å². The van der Waals surface area contributed by atoms with Crippen LogP contribution in [0.3, 0.4) is 0 Å². The normalized spacial score (nSPS) is 12.3. The van der Waals surface area contributed by atoms with E-state index in [1.165, 1.54) is 0 Å². The molecule has 0 bridgehead atoms. The minimum Gasteiger partial charge on any atom is -0.389 e. The van der Waals surface area contributed by atoms with Crippen molar-refractivity contribution in [3.8, 4) is 12.3 Å². The van der Waals surface area contributed by atoms with E-state index >= 15 is 0 Å². The van der Waals surface area contributed by atoms with E-state index in [0.717, 1.165) is 5.56 Å². The predicted molar refractivity (Wildman–Crippen MR) is 64.1 cm³/mol. The van der Waals surface area contributed by atoms with Gasteiger partial charge in [-0.05, 0) is 11.1 Å². The largest absolute Gasteiger partial charge is 0.389 e. The smallest absolute Gasteiger partial charge is 0.0770 e. The molecule has 0 radical (unpaired) electrons. The molecule has 1 aromatic carbocycles. The summed E-state index contributed by atoms with van der Waals surface area (Å²) in [5, 5.41) is 9.57. The molecule has 0 aliphatic carbocycles. The molecule has 1 heteroatoms. The Balaban J connectivity index is 2.52. The standard InChI is InChI=1S/C14H14O/c1-3-12(2)11-14(15)10-9-13-7-5-4-6-8-13/h1,4-10,14-15H,2,11H2/t14-/m0/s1. The number of aliphatic hydroxyl groups is 1. The molecule has 1 rings (SSSR count). The van der Waals surface area contributed by atoms with Crippen molar-refractivity contribution in [3.63, 3.8) is 0 Å². The zero-order valence-electron chi connectivity index (χ0n) is 8.56. The summed E-state index contributed by atoms with van der Waals surface area (Å²) in [7, 11) is 0. The molecule has 0 heterocycles. The van der Waals surface area contributed by atoms with Crippen LogP contribution in [0.5, 0.6) is 0 Å². The summed E-state index contributed by atoms with van der Waals surface area (Å²) in [5.74, 6) is 2.41. The molecular formula is C14H14O. The average molecular weight is 198 g/mol. The fraction of sp³-hybridized carbons (Fsp3) is 0.143. The number of hydrogen-bond acceptors (Lipinski definition) is 1. The average Bonchev–Trinajstić information content (AvgIpc) is 2.27. The lowest BCUT2D eigenvalue weighted by molar-refractivity contribution is 0.226. The van der Waals surface area contributed by atoms with Gasteiger partial charge >= 0.3 is 0 Å². The van der Waals surface area contributed by atoms with Gasteiger partial charge in [-0.1, -0.05) is 55.0 Å². The first-order valence-electron chi connectivity index (χ1n) is 4.78. The van der Waals surface area contributed by atoms with Gasteiger partial charge < -0.3 is 5.11 Å². The highest BCUT2D eigenvalue weighted by molar-refractivity contribution is 5.49. The molecule has 0 fully saturated rings. The first-order chi connectivity index (χ1) is 7.22. The van der Waals surface area contributed by atoms with E-state index in [-0.39, 0.29) is 0 Å². The van der Waals surface area contributed by atoms with Crippen molar-refractivity contribution >= 4 is 6.08 Å². The van der Waals surface area contributed by atoms with Gasteiger partial charge in [-0.15, -0.1) is 6.42 Å². The van der Waals surface area contributed by atoms with Crippen LogP contribution in [-0.2, 0) is 0 Å². The molecule has 1 N–H and O–H groups in total. The van der Waals surface area contributed by atoms with E-state index in [1.807, 2.05) is 36.4 Å². The lowest BCUT2D eigenvalue weighted by Crippen LogP contribution is -2.01. The molecule has 0 spiro atoms. The summed E-state index contributed by atoms with van der Waals surface area (Å²) < 4.78 is 0. The van der Waals surface area contributed by atoms with Gasteiger partial charge in [0, 0.05) is 6.42 Å². The summed E-state index contributed by atoms with van der Waals surface area (Å²) in [5.41, 5.74) is 1.67. The molecule has 1 atom stereocenters. The number of hydrogen-bond donors (Lipinski definition) is 1. The van der Waals surface area contributed by atoms with E-state index in [4.69, 9.17) is 6.42 Å². The Kier molecular flexibility index (Phi) is 4.40. The lowest BCUT2D eigenvalue weighted by atomic mass is 10.1. The third kappa shape index (κ3) is 4.30. The number of aliphatic hydroxyl groups excluding tert-OH is 1. The van der Waals surface area contributed by atoms with E-state index in [0.29, 0.717) is 12.0 Å². The Morgan fingerprint density at radius 3 is 2.73 bits per heavy atom. The molecule has 76 valence electrons. The van der Waals surface area contributed by atoms with Crippen LogP contribution in [0.4, 0.5) is 0 Å². The maximum atomic E-state index is 9.57. The molecule has 0 aliphatic heterocycles. The van der Waals surface area contributed by atoms with Gasteiger partial charge in [0.15, 0.2) is 0 Å². The summed E-state index contributed by atoms with van der Waals surface area (Å²) in [4.78, 5) is 0. The van der Waals surface area contributed by atoms with Gasteiger partial charge in [-0.2, -0.15) is 0 Å². The highest BCUT2D eigenvalue weighted by Crippen LogP contribution is 2.06. The van der Waals surface area contributed by atoms with Crippen LogP contribution >= 0.6 is 0 Å². The van der Waals surface area contributed by atoms with Gasteiger partial charge in [-0.25, -0.2) is 0 Å². The predicted octanol–water partition coefficient (Wildman–Crippen LogP) is 2.64. The van der Waals surface area contributed by atoms with Gasteiger partial charge in [0.25, 0.3) is 0 Å². The first-order valence-corrected chi connectivity index (χ1v) is 4.78. The van der Waals surface area contributed by atoms with Crippen molar-refractivity contribution in [2.24, 2.45) is 0 Å². The summed E-state index contributed by atoms with van der Waals surface area (Å²) in [6.45, 7) is 3.64. The molecule has 0 saturated carbocycles. The van der Waals surface area contributed by atoms with Crippen molar-refractivity contribution in [3.05, 3.63) is 54.1 Å². The van der Waals surface area contributed by atoms with Crippen molar-refractivity contribution in [2.75, 3.05) is 0 Å². The highest BCUT2D eigenvalue weighted by atomic mass is 16.3. The number of rotatable bonds is 4. The Morgan fingerprint density at radius 2 is 2.13 bits per heavy atom. The SMILES string of the molecule is C#CC(=C)C[C@@H](O)C=Cc1ccccc1. The second-order valence-electron chi connectivity index (χ2n) is 3.29. The summed E-state index contributed by atoms with van der Waals surface area (Å²) in [6.07, 6.45) is 8.59. The Bertz CT molecular complexity index is 382. The molecule has 1 aromatic rings. The van der Waals surface area contributed by atoms with E-state index in [1.54, 1.807) is 6.08 Å². The second kappa shape index (κ2) is 5.85. The van der Waals surface area contributed by atoms with Gasteiger partial charge in [0.05, 0.1) is 6.10 Å². The van der Waals surface area contributed by atoms with Crippen molar-refractivity contribution in [1.29, 1.82) is 0 Å². The topological polar surface area (TPSA) is 20.2 Å². The molecule has 0 aliphatic rings. The summed E-state index contributed by atoms with van der Waals surface area (Å²) in [6, 6.07) is 9.80.